The van der Waals surface area contributed by atoms with Gasteiger partial charge in [-0.2, -0.15) is 0 Å². The van der Waals surface area contributed by atoms with Gasteiger partial charge in [0.15, 0.2) is 0 Å². The van der Waals surface area contributed by atoms with Gasteiger partial charge >= 0.3 is 0 Å². The molecule has 0 bridgehead atoms. The summed E-state index contributed by atoms with van der Waals surface area (Å²) >= 11 is 0. The van der Waals surface area contributed by atoms with Gasteiger partial charge in [-0.05, 0) is 70.2 Å². The van der Waals surface area contributed by atoms with Gasteiger partial charge in [0.1, 0.15) is 40.4 Å². The Morgan fingerprint density at radius 1 is 0.677 bits per heavy atom. The molecule has 0 fully saturated rings. The van der Waals surface area contributed by atoms with Crippen molar-refractivity contribution in [1.29, 1.82) is 0 Å². The molecule has 4 rings (SSSR count). The molecule has 0 saturated carbocycles. The van der Waals surface area contributed by atoms with Crippen LogP contribution in [0, 0.1) is 5.21 Å². The van der Waals surface area contributed by atoms with Gasteiger partial charge in [-0.15, -0.1) is 0 Å². The number of rotatable bonds is 5. The molecule has 0 aromatic heterocycles. The number of hydrogen-bond acceptors (Lipinski definition) is 1. The summed E-state index contributed by atoms with van der Waals surface area (Å²) in [5.74, 6) is 0. The summed E-state index contributed by atoms with van der Waals surface area (Å²) < 4.78 is 0. The number of quaternary nitrogens is 1. The van der Waals surface area contributed by atoms with E-state index in [-0.39, 0.29) is 17.0 Å². The Hall–Kier alpha value is -1.77. The van der Waals surface area contributed by atoms with E-state index in [1.54, 1.807) is 0 Å². The van der Waals surface area contributed by atoms with Crippen molar-refractivity contribution in [2.75, 3.05) is 6.16 Å². The molecule has 0 saturated heterocycles. The van der Waals surface area contributed by atoms with Gasteiger partial charge in [-0.3, -0.25) is 0 Å². The van der Waals surface area contributed by atoms with E-state index in [0.717, 1.165) is 6.16 Å². The van der Waals surface area contributed by atoms with E-state index in [1.165, 1.54) is 21.5 Å². The monoisotopic (exact) mass is 495 g/mol. The molecule has 31 heavy (non-hydrogen) atoms. The average molecular weight is 496 g/mol. The molecule has 1 heterocycles. The summed E-state index contributed by atoms with van der Waals surface area (Å²) in [6.45, 7) is 8.31. The first-order valence-electron chi connectivity index (χ1n) is 10.6. The lowest BCUT2D eigenvalue weighted by molar-refractivity contribution is -0.927. The molecule has 4 heteroatoms. The van der Waals surface area contributed by atoms with Crippen LogP contribution in [0.2, 0.25) is 0 Å². The Labute approximate surface area is 197 Å². The van der Waals surface area contributed by atoms with Crippen molar-refractivity contribution in [3.05, 3.63) is 108 Å². The summed E-state index contributed by atoms with van der Waals surface area (Å²) in [4.78, 5) is 0. The lowest BCUT2D eigenvalue weighted by atomic mass is 9.98. The van der Waals surface area contributed by atoms with E-state index in [1.807, 2.05) is 0 Å². The van der Waals surface area contributed by atoms with Crippen LogP contribution < -0.4 is 38.0 Å². The second-order valence-corrected chi connectivity index (χ2v) is 12.8. The minimum absolute atomic E-state index is 0. The fraction of sp³-hybridized carbons (Fsp3) is 0.259. The van der Waals surface area contributed by atoms with Gasteiger partial charge in [-0.25, -0.2) is 0 Å². The highest BCUT2D eigenvalue weighted by Gasteiger charge is 2.53. The first kappa shape index (κ1) is 23.9. The van der Waals surface area contributed by atoms with Gasteiger partial charge in [0.25, 0.3) is 0 Å². The largest absolute Gasteiger partial charge is 1.00 e. The van der Waals surface area contributed by atoms with Crippen LogP contribution in [0.25, 0.3) is 0 Å². The maximum atomic E-state index is 13.2. The highest BCUT2D eigenvalue weighted by atomic mass is 79.9. The standard InChI is InChI=1S/C27H31NOP.BrH/c1-26(2)20-22(27(3,4)28(26)29)21-30(23-14-8-5-9-15-23,24-16-10-6-11-17-24)25-18-12-7-13-19-25;/h5-20,28H,21H2,1-4H3;1H/q+1;/p-1. The topological polar surface area (TPSA) is 27.5 Å². The maximum absolute atomic E-state index is 13.2. The molecule has 0 amide bonds. The van der Waals surface area contributed by atoms with Crippen LogP contribution in [0.15, 0.2) is 103 Å². The van der Waals surface area contributed by atoms with Crippen LogP contribution in [-0.4, -0.2) is 17.2 Å². The minimum Gasteiger partial charge on any atom is -1.00 e. The molecule has 3 aromatic rings. The third-order valence-corrected chi connectivity index (χ3v) is 10.8. The van der Waals surface area contributed by atoms with Gasteiger partial charge in [-0.1, -0.05) is 54.6 Å². The predicted molar refractivity (Wildman–Crippen MR) is 131 cm³/mol. The van der Waals surface area contributed by atoms with Crippen molar-refractivity contribution in [1.82, 2.24) is 0 Å². The molecule has 1 aliphatic heterocycles. The number of hydrogen-bond donors (Lipinski definition) is 1. The lowest BCUT2D eigenvalue weighted by Gasteiger charge is -2.42. The molecule has 0 spiro atoms. The summed E-state index contributed by atoms with van der Waals surface area (Å²) in [6, 6.07) is 32.7. The summed E-state index contributed by atoms with van der Waals surface area (Å²) in [5, 5.41) is 17.6. The molecule has 1 atom stereocenters. The van der Waals surface area contributed by atoms with Gasteiger partial charge in [0.2, 0.25) is 0 Å². The van der Waals surface area contributed by atoms with Crippen molar-refractivity contribution in [2.45, 2.75) is 38.8 Å². The van der Waals surface area contributed by atoms with Crippen LogP contribution in [0.1, 0.15) is 27.7 Å². The fourth-order valence-corrected chi connectivity index (χ4v) is 9.38. The third kappa shape index (κ3) is 4.17. The Balaban J connectivity index is 0.00000272. The number of hydroxylamine groups is 2. The highest BCUT2D eigenvalue weighted by Crippen LogP contribution is 2.57. The molecule has 2 nitrogen and oxygen atoms in total. The molecular formula is C27H31BrNOP. The van der Waals surface area contributed by atoms with E-state index in [0.29, 0.717) is 5.06 Å². The van der Waals surface area contributed by atoms with Crippen molar-refractivity contribution in [3.63, 3.8) is 0 Å². The molecule has 162 valence electrons. The Kier molecular flexibility index (Phi) is 6.93. The Morgan fingerprint density at radius 3 is 1.32 bits per heavy atom. The number of benzene rings is 3. The first-order valence-corrected chi connectivity index (χ1v) is 12.6. The maximum Gasteiger partial charge on any atom is 0.118 e. The number of halogens is 1. The van der Waals surface area contributed by atoms with Crippen molar-refractivity contribution < 1.29 is 22.0 Å². The molecule has 1 aliphatic rings. The summed E-state index contributed by atoms with van der Waals surface area (Å²) in [6.07, 6.45) is 3.13. The quantitative estimate of drug-likeness (QED) is 0.317. The minimum atomic E-state index is -1.99. The molecule has 0 radical (unpaired) electrons. The Morgan fingerprint density at radius 2 is 1.03 bits per heavy atom. The molecule has 3 aromatic carbocycles. The fourth-order valence-electron chi connectivity index (χ4n) is 4.90. The van der Waals surface area contributed by atoms with Crippen LogP contribution in [0.3, 0.4) is 0 Å². The van der Waals surface area contributed by atoms with Gasteiger partial charge < -0.3 is 27.3 Å². The molecular weight excluding hydrogens is 465 g/mol. The van der Waals surface area contributed by atoms with Crippen LogP contribution in [-0.2, 0) is 0 Å². The smallest absolute Gasteiger partial charge is 0.118 e. The third-order valence-electron chi connectivity index (χ3n) is 6.49. The van der Waals surface area contributed by atoms with Crippen LogP contribution in [0.5, 0.6) is 0 Å². The van der Waals surface area contributed by atoms with Crippen molar-refractivity contribution in [3.8, 4) is 0 Å². The van der Waals surface area contributed by atoms with Gasteiger partial charge in [0, 0.05) is 5.57 Å². The van der Waals surface area contributed by atoms with Crippen molar-refractivity contribution in [2.24, 2.45) is 0 Å². The molecule has 0 aliphatic carbocycles. The van der Waals surface area contributed by atoms with Crippen molar-refractivity contribution >= 4 is 23.2 Å². The summed E-state index contributed by atoms with van der Waals surface area (Å²) in [5.41, 5.74) is 0.397. The van der Waals surface area contributed by atoms with Crippen LogP contribution >= 0.6 is 7.26 Å². The highest BCUT2D eigenvalue weighted by molar-refractivity contribution is 7.95. The SMILES string of the molecule is CC1(C)C=C(C[P+](c2ccccc2)(c2ccccc2)c2ccccc2)C(C)(C)[NH+]1[O-].[Br-]. The second-order valence-electron chi connectivity index (χ2n) is 9.32. The zero-order valence-electron chi connectivity index (χ0n) is 18.7. The lowest BCUT2D eigenvalue weighted by Crippen LogP contribution is -3.20. The zero-order chi connectivity index (χ0) is 21.4. The summed E-state index contributed by atoms with van der Waals surface area (Å²) in [7, 11) is -1.99. The first-order chi connectivity index (χ1) is 14.3. The van der Waals surface area contributed by atoms with Crippen LogP contribution in [0.4, 0.5) is 0 Å². The second kappa shape index (κ2) is 9.00. The Bertz CT molecular complexity index is 936. The van der Waals surface area contributed by atoms with E-state index in [2.05, 4.69) is 125 Å². The normalized spacial score (nSPS) is 19.4. The van der Waals surface area contributed by atoms with E-state index < -0.39 is 18.3 Å². The number of nitrogens with one attached hydrogen (secondary N) is 1. The van der Waals surface area contributed by atoms with E-state index in [4.69, 9.17) is 0 Å². The van der Waals surface area contributed by atoms with E-state index >= 15 is 0 Å². The average Bonchev–Trinajstić information content (AvgIpc) is 2.92. The zero-order valence-corrected chi connectivity index (χ0v) is 21.2. The molecule has 1 unspecified atom stereocenters. The molecule has 1 N–H and O–H groups in total. The predicted octanol–water partition coefficient (Wildman–Crippen LogP) is 0.864. The van der Waals surface area contributed by atoms with E-state index in [9.17, 15) is 5.21 Å². The van der Waals surface area contributed by atoms with Gasteiger partial charge in [0.05, 0.1) is 0 Å².